The molecule has 186 valence electrons. The average molecular weight is 473 g/mol. The minimum Gasteiger partial charge on any atom is -0.508 e. The number of rotatable bonds is 12. The first-order valence-electron chi connectivity index (χ1n) is 12.2. The van der Waals surface area contributed by atoms with E-state index in [0.29, 0.717) is 19.6 Å². The molecule has 6 nitrogen and oxygen atoms in total. The van der Waals surface area contributed by atoms with Gasteiger partial charge in [0.2, 0.25) is 5.91 Å². The number of halogens is 1. The fraction of sp³-hybridized carbons (Fsp3) is 0.519. The quantitative estimate of drug-likeness (QED) is 0.221. The molecule has 0 fully saturated rings. The Labute approximate surface area is 201 Å². The number of unbranched alkanes of at least 4 members (excludes halogenated alkanes) is 4. The molecule has 2 aromatic carbocycles. The normalized spacial score (nSPS) is 16.2. The Morgan fingerprint density at radius 3 is 2.53 bits per heavy atom. The van der Waals surface area contributed by atoms with Gasteiger partial charge >= 0.3 is 0 Å². The summed E-state index contributed by atoms with van der Waals surface area (Å²) in [6.07, 6.45) is 5.85. The minimum absolute atomic E-state index is 0.0682. The zero-order valence-electron chi connectivity index (χ0n) is 20.2. The van der Waals surface area contributed by atoms with Gasteiger partial charge in [0.1, 0.15) is 17.2 Å². The predicted molar refractivity (Wildman–Crippen MR) is 130 cm³/mol. The molecule has 1 aliphatic heterocycles. The zero-order chi connectivity index (χ0) is 24.6. The van der Waals surface area contributed by atoms with Crippen LogP contribution >= 0.6 is 0 Å². The number of aromatic hydroxyl groups is 1. The summed E-state index contributed by atoms with van der Waals surface area (Å²) in [5.41, 5.74) is 3.64. The number of phenols is 1. The summed E-state index contributed by atoms with van der Waals surface area (Å²) in [5, 5.41) is 18.4. The van der Waals surface area contributed by atoms with E-state index < -0.39 is 5.67 Å². The first-order valence-corrected chi connectivity index (χ1v) is 12.2. The van der Waals surface area contributed by atoms with E-state index in [1.54, 1.807) is 25.4 Å². The van der Waals surface area contributed by atoms with Crippen LogP contribution in [0.25, 0.3) is 0 Å². The van der Waals surface area contributed by atoms with Crippen LogP contribution in [0.2, 0.25) is 0 Å². The molecule has 7 heteroatoms. The lowest BCUT2D eigenvalue weighted by Gasteiger charge is -2.40. The summed E-state index contributed by atoms with van der Waals surface area (Å²) in [4.78, 5) is 13.2. The highest BCUT2D eigenvalue weighted by atomic mass is 19.1. The summed E-state index contributed by atoms with van der Waals surface area (Å²) >= 11 is 0. The summed E-state index contributed by atoms with van der Waals surface area (Å²) in [7, 11) is 0. The number of nitrogens with one attached hydrogen (secondary N) is 1. The Balaban J connectivity index is 1.56. The van der Waals surface area contributed by atoms with Crippen molar-refractivity contribution in [2.24, 2.45) is 0 Å². The monoisotopic (exact) mass is 472 g/mol. The lowest BCUT2D eigenvalue weighted by atomic mass is 9.87. The molecule has 0 spiro atoms. The van der Waals surface area contributed by atoms with E-state index in [4.69, 9.17) is 9.94 Å². The highest BCUT2D eigenvalue weighted by molar-refractivity contribution is 5.74. The second-order valence-electron chi connectivity index (χ2n) is 9.70. The highest BCUT2D eigenvalue weighted by Crippen LogP contribution is 2.38. The maximum absolute atomic E-state index is 14.6. The Morgan fingerprint density at radius 1 is 1.12 bits per heavy atom. The fourth-order valence-electron chi connectivity index (χ4n) is 4.62. The van der Waals surface area contributed by atoms with Crippen molar-refractivity contribution in [3.63, 3.8) is 0 Å². The van der Waals surface area contributed by atoms with Crippen LogP contribution in [0.4, 0.5) is 4.39 Å². The van der Waals surface area contributed by atoms with Gasteiger partial charge in [-0.05, 0) is 74.1 Å². The number of hydrogen-bond acceptors (Lipinski definition) is 5. The van der Waals surface area contributed by atoms with Gasteiger partial charge in [0, 0.05) is 19.5 Å². The Morgan fingerprint density at radius 2 is 1.82 bits per heavy atom. The Kier molecular flexibility index (Phi) is 9.30. The number of phenolic OH excluding ortho intramolecular Hbond substituents is 1. The SMILES string of the molecule is CC(C)(F)CN1CCc2cc(O)ccc2C1c1ccc(OCCCCCCCC(=O)NO)cc1. The molecule has 0 radical (unpaired) electrons. The first kappa shape index (κ1) is 26.0. The third-order valence-electron chi connectivity index (χ3n) is 6.17. The number of hydrogen-bond donors (Lipinski definition) is 3. The van der Waals surface area contributed by atoms with Gasteiger partial charge < -0.3 is 9.84 Å². The molecule has 34 heavy (non-hydrogen) atoms. The van der Waals surface area contributed by atoms with Gasteiger partial charge in [0.25, 0.3) is 0 Å². The largest absolute Gasteiger partial charge is 0.508 e. The van der Waals surface area contributed by atoms with Crippen molar-refractivity contribution in [2.45, 2.75) is 70.5 Å². The molecular formula is C27H37FN2O4. The highest BCUT2D eigenvalue weighted by Gasteiger charge is 2.32. The average Bonchev–Trinajstić information content (AvgIpc) is 2.80. The van der Waals surface area contributed by atoms with Gasteiger partial charge in [-0.1, -0.05) is 37.5 Å². The molecule has 3 N–H and O–H groups in total. The van der Waals surface area contributed by atoms with E-state index in [1.807, 2.05) is 36.4 Å². The second kappa shape index (κ2) is 12.2. The number of hydroxylamine groups is 1. The summed E-state index contributed by atoms with van der Waals surface area (Å²) in [6.45, 7) is 4.92. The smallest absolute Gasteiger partial charge is 0.243 e. The van der Waals surface area contributed by atoms with Crippen molar-refractivity contribution in [1.82, 2.24) is 10.4 Å². The Hall–Kier alpha value is -2.64. The van der Waals surface area contributed by atoms with Gasteiger partial charge in [-0.25, -0.2) is 9.87 Å². The van der Waals surface area contributed by atoms with E-state index in [0.717, 1.165) is 67.5 Å². The summed E-state index contributed by atoms with van der Waals surface area (Å²) in [6, 6.07) is 13.4. The van der Waals surface area contributed by atoms with E-state index >= 15 is 0 Å². The molecule has 0 aliphatic carbocycles. The maximum atomic E-state index is 14.6. The van der Waals surface area contributed by atoms with Crippen molar-refractivity contribution in [1.29, 1.82) is 0 Å². The fourth-order valence-corrected chi connectivity index (χ4v) is 4.62. The Bertz CT molecular complexity index is 927. The summed E-state index contributed by atoms with van der Waals surface area (Å²) in [5.74, 6) is 0.733. The van der Waals surface area contributed by atoms with E-state index in [-0.39, 0.29) is 17.7 Å². The molecule has 1 aliphatic rings. The maximum Gasteiger partial charge on any atom is 0.243 e. The molecule has 1 unspecified atom stereocenters. The van der Waals surface area contributed by atoms with Gasteiger partial charge in [-0.3, -0.25) is 14.9 Å². The van der Waals surface area contributed by atoms with Crippen LogP contribution in [0.1, 0.15) is 75.1 Å². The van der Waals surface area contributed by atoms with Crippen LogP contribution < -0.4 is 10.2 Å². The number of nitrogens with zero attached hydrogens (tertiary/aromatic N) is 1. The topological polar surface area (TPSA) is 82.0 Å². The van der Waals surface area contributed by atoms with Crippen LogP contribution in [0, 0.1) is 0 Å². The van der Waals surface area contributed by atoms with Crippen molar-refractivity contribution >= 4 is 5.91 Å². The van der Waals surface area contributed by atoms with Crippen LogP contribution in [0.15, 0.2) is 42.5 Å². The van der Waals surface area contributed by atoms with Crippen molar-refractivity contribution in [2.75, 3.05) is 19.7 Å². The second-order valence-corrected chi connectivity index (χ2v) is 9.70. The first-order chi connectivity index (χ1) is 16.3. The van der Waals surface area contributed by atoms with Crippen molar-refractivity contribution in [3.8, 4) is 11.5 Å². The standard InChI is InChI=1S/C27H37FN2O4/c1-27(2,28)19-30-16-15-21-18-22(31)11-14-24(21)26(30)20-9-12-23(13-10-20)34-17-7-5-3-4-6-8-25(32)29-33/h9-14,18,26,31,33H,3-8,15-17,19H2,1-2H3,(H,29,32). The molecule has 1 amide bonds. The summed E-state index contributed by atoms with van der Waals surface area (Å²) < 4.78 is 20.5. The molecule has 1 heterocycles. The lowest BCUT2D eigenvalue weighted by Crippen LogP contribution is -2.42. The third kappa shape index (κ3) is 7.71. The van der Waals surface area contributed by atoms with Gasteiger partial charge in [0.05, 0.1) is 12.6 Å². The van der Waals surface area contributed by atoms with E-state index in [1.165, 1.54) is 0 Å². The predicted octanol–water partition coefficient (Wildman–Crippen LogP) is 5.31. The molecule has 0 bridgehead atoms. The number of carbonyl (C=O) groups is 1. The zero-order valence-corrected chi connectivity index (χ0v) is 20.2. The van der Waals surface area contributed by atoms with Crippen LogP contribution in [0.5, 0.6) is 11.5 Å². The molecule has 2 aromatic rings. The minimum atomic E-state index is -1.30. The van der Waals surface area contributed by atoms with Crippen LogP contribution in [0.3, 0.4) is 0 Å². The molecule has 0 saturated heterocycles. The van der Waals surface area contributed by atoms with Crippen molar-refractivity contribution < 1.29 is 24.2 Å². The lowest BCUT2D eigenvalue weighted by molar-refractivity contribution is -0.129. The number of benzene rings is 2. The number of fused-ring (bicyclic) bond motifs is 1. The van der Waals surface area contributed by atoms with Crippen LogP contribution in [-0.2, 0) is 11.2 Å². The van der Waals surface area contributed by atoms with Gasteiger partial charge in [-0.2, -0.15) is 0 Å². The number of alkyl halides is 1. The van der Waals surface area contributed by atoms with Gasteiger partial charge in [-0.15, -0.1) is 0 Å². The van der Waals surface area contributed by atoms with Crippen LogP contribution in [-0.4, -0.2) is 46.5 Å². The molecular weight excluding hydrogens is 435 g/mol. The van der Waals surface area contributed by atoms with E-state index in [9.17, 15) is 14.3 Å². The molecule has 0 aromatic heterocycles. The molecule has 3 rings (SSSR count). The third-order valence-corrected chi connectivity index (χ3v) is 6.17. The number of amides is 1. The number of ether oxygens (including phenoxy) is 1. The molecule has 0 saturated carbocycles. The van der Waals surface area contributed by atoms with Gasteiger partial charge in [0.15, 0.2) is 0 Å². The number of carbonyl (C=O) groups excluding carboxylic acids is 1. The van der Waals surface area contributed by atoms with Crippen molar-refractivity contribution in [3.05, 3.63) is 59.2 Å². The molecule has 1 atom stereocenters. The van der Waals surface area contributed by atoms with E-state index in [2.05, 4.69) is 4.90 Å².